The monoisotopic (exact) mass is 318 g/mol. The van der Waals surface area contributed by atoms with E-state index in [2.05, 4.69) is 0 Å². The molecule has 6 aliphatic rings. The van der Waals surface area contributed by atoms with Crippen LogP contribution in [0, 0.1) is 29.1 Å². The van der Waals surface area contributed by atoms with Crippen LogP contribution in [-0.2, 0) is 9.53 Å². The number of carbonyl (C=O) groups excluding carboxylic acids is 2. The van der Waals surface area contributed by atoms with E-state index in [0.29, 0.717) is 17.6 Å². The molecule has 0 amide bonds. The molecule has 4 unspecified atom stereocenters. The number of ketones is 2. The standard InChI is InChI=1S/C21H18O3/c22-17-10-3-1-2-4-11(10)19-12(18(17)23)5-6-20(24-19)8-15-13-7-14-16(9-20)21(13,14)15/h1-4,13-16H,5-9H2. The van der Waals surface area contributed by atoms with Crippen molar-refractivity contribution in [3.63, 3.8) is 0 Å². The lowest BCUT2D eigenvalue weighted by atomic mass is 9.75. The first kappa shape index (κ1) is 12.5. The molecule has 1 heterocycles. The summed E-state index contributed by atoms with van der Waals surface area (Å²) in [7, 11) is 0. The van der Waals surface area contributed by atoms with Gasteiger partial charge in [0.2, 0.25) is 11.6 Å². The molecule has 1 aromatic rings. The van der Waals surface area contributed by atoms with Crippen LogP contribution in [0.15, 0.2) is 29.8 Å². The van der Waals surface area contributed by atoms with E-state index in [1.807, 2.05) is 18.2 Å². The molecule has 24 heavy (non-hydrogen) atoms. The molecule has 0 radical (unpaired) electrons. The molecule has 1 aromatic carbocycles. The van der Waals surface area contributed by atoms with Crippen molar-refractivity contribution in [1.29, 1.82) is 0 Å². The number of fused-ring (bicyclic) bond motifs is 4. The number of allylic oxidation sites excluding steroid dienone is 1. The number of ether oxygens (including phenoxy) is 1. The molecular formula is C21H18O3. The van der Waals surface area contributed by atoms with Crippen molar-refractivity contribution in [3.05, 3.63) is 41.0 Å². The fourth-order valence-electron chi connectivity index (χ4n) is 7.30. The first-order valence-electron chi connectivity index (χ1n) is 9.26. The van der Waals surface area contributed by atoms with Gasteiger partial charge in [-0.3, -0.25) is 9.59 Å². The minimum atomic E-state index is -0.364. The fourth-order valence-corrected chi connectivity index (χ4v) is 7.30. The smallest absolute Gasteiger partial charge is 0.234 e. The molecule has 4 atom stereocenters. The molecule has 0 N–H and O–H groups in total. The van der Waals surface area contributed by atoms with Crippen molar-refractivity contribution in [2.75, 3.05) is 0 Å². The van der Waals surface area contributed by atoms with Crippen molar-refractivity contribution in [1.82, 2.24) is 0 Å². The maximum Gasteiger partial charge on any atom is 0.234 e. The zero-order valence-corrected chi connectivity index (χ0v) is 13.4. The molecule has 5 aliphatic carbocycles. The van der Waals surface area contributed by atoms with Crippen molar-refractivity contribution in [3.8, 4) is 0 Å². The van der Waals surface area contributed by atoms with Crippen molar-refractivity contribution < 1.29 is 14.3 Å². The Morgan fingerprint density at radius 3 is 2.33 bits per heavy atom. The van der Waals surface area contributed by atoms with Crippen LogP contribution in [0.2, 0.25) is 0 Å². The molecule has 2 spiro atoms. The second-order valence-corrected chi connectivity index (χ2v) is 8.87. The van der Waals surface area contributed by atoms with E-state index >= 15 is 0 Å². The third-order valence-corrected chi connectivity index (χ3v) is 8.33. The molecule has 120 valence electrons. The van der Waals surface area contributed by atoms with E-state index < -0.39 is 0 Å². The lowest BCUT2D eigenvalue weighted by Gasteiger charge is -2.43. The summed E-state index contributed by atoms with van der Waals surface area (Å²) in [6, 6.07) is 7.45. The van der Waals surface area contributed by atoms with Gasteiger partial charge >= 0.3 is 0 Å². The number of Topliss-reactive ketones (excluding diaryl/α,β-unsaturated/α-hetero) is 2. The van der Waals surface area contributed by atoms with Gasteiger partial charge in [0.1, 0.15) is 11.4 Å². The molecule has 3 heteroatoms. The Kier molecular flexibility index (Phi) is 1.76. The van der Waals surface area contributed by atoms with E-state index in [-0.39, 0.29) is 17.2 Å². The Morgan fingerprint density at radius 1 is 0.917 bits per heavy atom. The molecule has 4 saturated carbocycles. The zero-order valence-electron chi connectivity index (χ0n) is 13.4. The van der Waals surface area contributed by atoms with Crippen LogP contribution >= 0.6 is 0 Å². The summed E-state index contributed by atoms with van der Waals surface area (Å²) >= 11 is 0. The highest BCUT2D eigenvalue weighted by molar-refractivity contribution is 6.52. The molecule has 0 saturated heterocycles. The number of benzene rings is 1. The zero-order chi connectivity index (χ0) is 15.8. The van der Waals surface area contributed by atoms with E-state index in [1.165, 1.54) is 19.3 Å². The number of carbonyl (C=O) groups is 2. The second kappa shape index (κ2) is 3.40. The van der Waals surface area contributed by atoms with Crippen LogP contribution in [-0.4, -0.2) is 17.2 Å². The highest BCUT2D eigenvalue weighted by Crippen LogP contribution is 2.97. The summed E-state index contributed by atoms with van der Waals surface area (Å²) in [5, 5.41) is 0. The van der Waals surface area contributed by atoms with Crippen LogP contribution in [0.1, 0.15) is 48.0 Å². The largest absolute Gasteiger partial charge is 0.486 e. The molecule has 1 aliphatic heterocycles. The SMILES string of the molecule is O=C1C(=O)c2ccccc2C2=C1CCC1(CC3C4CC5C(C1)C453)O2. The minimum Gasteiger partial charge on any atom is -0.486 e. The average Bonchev–Trinajstić information content (AvgIpc) is 3.30. The summed E-state index contributed by atoms with van der Waals surface area (Å²) in [4.78, 5) is 24.9. The summed E-state index contributed by atoms with van der Waals surface area (Å²) in [5.41, 5.74) is 2.67. The minimum absolute atomic E-state index is 0.0740. The molecule has 0 bridgehead atoms. The summed E-state index contributed by atoms with van der Waals surface area (Å²) in [5.74, 6) is 3.78. The number of hydrogen-bond donors (Lipinski definition) is 0. The van der Waals surface area contributed by atoms with Crippen LogP contribution in [0.4, 0.5) is 0 Å². The van der Waals surface area contributed by atoms with Crippen molar-refractivity contribution in [2.24, 2.45) is 29.1 Å². The molecule has 0 aromatic heterocycles. The van der Waals surface area contributed by atoms with Gasteiger partial charge in [-0.2, -0.15) is 0 Å². The number of hydrogen-bond acceptors (Lipinski definition) is 3. The Bertz CT molecular complexity index is 885. The normalized spacial score (nSPS) is 48.7. The molecule has 7 rings (SSSR count). The Hall–Kier alpha value is -1.90. The van der Waals surface area contributed by atoms with Gasteiger partial charge in [-0.1, -0.05) is 24.3 Å². The summed E-state index contributed by atoms with van der Waals surface area (Å²) in [6.45, 7) is 0. The highest BCUT2D eigenvalue weighted by Gasteiger charge is 2.93. The van der Waals surface area contributed by atoms with Crippen LogP contribution in [0.3, 0.4) is 0 Å². The Morgan fingerprint density at radius 2 is 1.62 bits per heavy atom. The summed E-state index contributed by atoms with van der Waals surface area (Å²) < 4.78 is 6.63. The molecule has 3 nitrogen and oxygen atoms in total. The van der Waals surface area contributed by atoms with E-state index in [0.717, 1.165) is 46.8 Å². The van der Waals surface area contributed by atoms with Gasteiger partial charge in [-0.05, 0) is 61.2 Å². The third-order valence-electron chi connectivity index (χ3n) is 8.33. The Labute approximate surface area is 140 Å². The van der Waals surface area contributed by atoms with Gasteiger partial charge in [0.05, 0.1) is 0 Å². The van der Waals surface area contributed by atoms with Gasteiger partial charge in [-0.25, -0.2) is 0 Å². The maximum atomic E-state index is 12.5. The van der Waals surface area contributed by atoms with Gasteiger partial charge in [0.25, 0.3) is 0 Å². The quantitative estimate of drug-likeness (QED) is 0.689. The molecule has 4 fully saturated rings. The number of rotatable bonds is 0. The van der Waals surface area contributed by atoms with Crippen LogP contribution < -0.4 is 0 Å². The predicted molar refractivity (Wildman–Crippen MR) is 86.0 cm³/mol. The second-order valence-electron chi connectivity index (χ2n) is 8.87. The first-order valence-corrected chi connectivity index (χ1v) is 9.26. The van der Waals surface area contributed by atoms with Gasteiger partial charge in [0, 0.05) is 16.7 Å². The Balaban J connectivity index is 1.33. The van der Waals surface area contributed by atoms with E-state index in [1.54, 1.807) is 6.07 Å². The van der Waals surface area contributed by atoms with Crippen LogP contribution in [0.25, 0.3) is 5.76 Å². The third kappa shape index (κ3) is 1.09. The van der Waals surface area contributed by atoms with Gasteiger partial charge in [-0.15, -0.1) is 0 Å². The highest BCUT2D eigenvalue weighted by atomic mass is 16.5. The first-order chi connectivity index (χ1) is 11.7. The predicted octanol–water partition coefficient (Wildman–Crippen LogP) is 3.39. The summed E-state index contributed by atoms with van der Waals surface area (Å²) in [6.07, 6.45) is 5.43. The maximum absolute atomic E-state index is 12.5. The van der Waals surface area contributed by atoms with Gasteiger partial charge < -0.3 is 4.74 Å². The lowest BCUT2D eigenvalue weighted by Crippen LogP contribution is -2.41. The van der Waals surface area contributed by atoms with E-state index in [4.69, 9.17) is 4.74 Å². The molecular weight excluding hydrogens is 300 g/mol. The average molecular weight is 318 g/mol. The van der Waals surface area contributed by atoms with Gasteiger partial charge in [0.15, 0.2) is 0 Å². The van der Waals surface area contributed by atoms with Crippen LogP contribution in [0.5, 0.6) is 0 Å². The van der Waals surface area contributed by atoms with Crippen molar-refractivity contribution in [2.45, 2.75) is 37.7 Å². The topological polar surface area (TPSA) is 43.4 Å². The lowest BCUT2D eigenvalue weighted by molar-refractivity contribution is -0.113. The fraction of sp³-hybridized carbons (Fsp3) is 0.524. The van der Waals surface area contributed by atoms with Crippen molar-refractivity contribution >= 4 is 17.3 Å². The van der Waals surface area contributed by atoms with E-state index in [9.17, 15) is 9.59 Å².